The first-order chi connectivity index (χ1) is 6.07. The van der Waals surface area contributed by atoms with Crippen molar-refractivity contribution < 1.29 is 0 Å². The maximum absolute atomic E-state index is 11.4. The van der Waals surface area contributed by atoms with Gasteiger partial charge in [-0.15, -0.1) is 0 Å². The molecule has 0 amide bonds. The highest BCUT2D eigenvalue weighted by atomic mass is 16.2. The average Bonchev–Trinajstić information content (AvgIpc) is 2.11. The fraction of sp³-hybridized carbons (Fsp3) is 0.375. The second-order valence-electron chi connectivity index (χ2n) is 2.74. The van der Waals surface area contributed by atoms with E-state index in [0.29, 0.717) is 11.1 Å². The van der Waals surface area contributed by atoms with E-state index in [1.165, 1.54) is 0 Å². The molecule has 0 spiro atoms. The lowest BCUT2D eigenvalue weighted by Crippen LogP contribution is -2.32. The molecule has 0 aliphatic heterocycles. The molecule has 0 unspecified atom stereocenters. The molecule has 0 saturated carbocycles. The highest BCUT2D eigenvalue weighted by molar-refractivity contribution is 5.17. The molecule has 0 aromatic carbocycles. The first-order valence-corrected chi connectivity index (χ1v) is 3.75. The first-order valence-electron chi connectivity index (χ1n) is 3.75. The normalized spacial score (nSPS) is 9.62. The van der Waals surface area contributed by atoms with Crippen molar-refractivity contribution in [3.05, 3.63) is 31.8 Å². The Labute approximate surface area is 74.2 Å². The summed E-state index contributed by atoms with van der Waals surface area (Å²) in [7, 11) is 0. The van der Waals surface area contributed by atoms with Crippen LogP contribution in [0.1, 0.15) is 11.1 Å². The predicted octanol–water partition coefficient (Wildman–Crippen LogP) is -0.323. The summed E-state index contributed by atoms with van der Waals surface area (Å²) < 4.78 is 1.00. The van der Waals surface area contributed by atoms with Gasteiger partial charge in [-0.2, -0.15) is 5.26 Å². The van der Waals surface area contributed by atoms with Gasteiger partial charge in [0.15, 0.2) is 0 Å². The quantitative estimate of drug-likeness (QED) is 0.641. The molecule has 0 atom stereocenters. The number of rotatable bonds is 1. The molecule has 5 heteroatoms. The zero-order valence-corrected chi connectivity index (χ0v) is 7.42. The van der Waals surface area contributed by atoms with E-state index in [1.54, 1.807) is 19.9 Å². The number of nitrogens with zero attached hydrogens (tertiary/aromatic N) is 2. The molecule has 0 aliphatic carbocycles. The fourth-order valence-corrected chi connectivity index (χ4v) is 0.972. The van der Waals surface area contributed by atoms with Gasteiger partial charge in [0.1, 0.15) is 6.54 Å². The molecular formula is C8H9N3O2. The lowest BCUT2D eigenvalue weighted by molar-refractivity contribution is 0.635. The molecule has 0 bridgehead atoms. The first kappa shape index (κ1) is 9.26. The van der Waals surface area contributed by atoms with Crippen LogP contribution in [0, 0.1) is 25.2 Å². The highest BCUT2D eigenvalue weighted by Crippen LogP contribution is 1.90. The van der Waals surface area contributed by atoms with Gasteiger partial charge in [0.05, 0.1) is 6.07 Å². The van der Waals surface area contributed by atoms with E-state index in [1.807, 2.05) is 0 Å². The molecule has 13 heavy (non-hydrogen) atoms. The molecule has 5 nitrogen and oxygen atoms in total. The van der Waals surface area contributed by atoms with Gasteiger partial charge in [-0.1, -0.05) is 0 Å². The Balaban J connectivity index is 3.53. The number of hydrogen-bond donors (Lipinski definition) is 1. The minimum atomic E-state index is -0.327. The van der Waals surface area contributed by atoms with E-state index < -0.39 is 0 Å². The molecule has 1 heterocycles. The Bertz CT molecular complexity index is 476. The van der Waals surface area contributed by atoms with Crippen LogP contribution < -0.4 is 11.1 Å². The van der Waals surface area contributed by atoms with Crippen LogP contribution in [0.5, 0.6) is 0 Å². The third-order valence-corrected chi connectivity index (χ3v) is 1.93. The van der Waals surface area contributed by atoms with Crippen molar-refractivity contribution in [2.75, 3.05) is 0 Å². The topological polar surface area (TPSA) is 78.7 Å². The van der Waals surface area contributed by atoms with Crippen molar-refractivity contribution in [3.63, 3.8) is 0 Å². The second kappa shape index (κ2) is 3.27. The van der Waals surface area contributed by atoms with Crippen LogP contribution in [-0.2, 0) is 6.54 Å². The number of aromatic amines is 1. The molecule has 1 rings (SSSR count). The number of aromatic nitrogens is 2. The monoisotopic (exact) mass is 179 g/mol. The maximum atomic E-state index is 11.4. The Morgan fingerprint density at radius 3 is 2.54 bits per heavy atom. The summed E-state index contributed by atoms with van der Waals surface area (Å²) in [5.41, 5.74) is 0.143. The van der Waals surface area contributed by atoms with Gasteiger partial charge in [0, 0.05) is 11.1 Å². The Kier molecular flexibility index (Phi) is 2.33. The van der Waals surface area contributed by atoms with Gasteiger partial charge >= 0.3 is 0 Å². The molecular weight excluding hydrogens is 170 g/mol. The van der Waals surface area contributed by atoms with E-state index in [0.717, 1.165) is 4.68 Å². The van der Waals surface area contributed by atoms with Gasteiger partial charge < -0.3 is 0 Å². The van der Waals surface area contributed by atoms with Gasteiger partial charge in [-0.05, 0) is 13.8 Å². The van der Waals surface area contributed by atoms with Crippen LogP contribution in [0.25, 0.3) is 0 Å². The summed E-state index contributed by atoms with van der Waals surface area (Å²) in [6.07, 6.45) is 0. The Morgan fingerprint density at radius 1 is 1.38 bits per heavy atom. The van der Waals surface area contributed by atoms with Gasteiger partial charge in [0.2, 0.25) is 0 Å². The zero-order chi connectivity index (χ0) is 10.0. The van der Waals surface area contributed by atoms with Crippen LogP contribution in [0.4, 0.5) is 0 Å². The van der Waals surface area contributed by atoms with Crippen molar-refractivity contribution in [1.82, 2.24) is 9.78 Å². The summed E-state index contributed by atoms with van der Waals surface area (Å²) in [4.78, 5) is 22.5. The van der Waals surface area contributed by atoms with Crippen LogP contribution in [-0.4, -0.2) is 9.78 Å². The number of H-pyrrole nitrogens is 1. The predicted molar refractivity (Wildman–Crippen MR) is 46.4 cm³/mol. The summed E-state index contributed by atoms with van der Waals surface area (Å²) >= 11 is 0. The zero-order valence-electron chi connectivity index (χ0n) is 7.42. The van der Waals surface area contributed by atoms with Crippen LogP contribution in [0.2, 0.25) is 0 Å². The average molecular weight is 179 g/mol. The van der Waals surface area contributed by atoms with Gasteiger partial charge in [0.25, 0.3) is 11.1 Å². The third-order valence-electron chi connectivity index (χ3n) is 1.93. The number of nitriles is 1. The van der Waals surface area contributed by atoms with Crippen LogP contribution in [0.3, 0.4) is 0 Å². The van der Waals surface area contributed by atoms with Crippen molar-refractivity contribution in [1.29, 1.82) is 5.26 Å². The third kappa shape index (κ3) is 1.51. The lowest BCUT2D eigenvalue weighted by Gasteiger charge is -2.02. The molecule has 0 radical (unpaired) electrons. The molecule has 68 valence electrons. The van der Waals surface area contributed by atoms with Crippen molar-refractivity contribution in [2.45, 2.75) is 20.4 Å². The highest BCUT2D eigenvalue weighted by Gasteiger charge is 2.05. The number of nitrogens with one attached hydrogen (secondary N) is 1. The molecule has 0 saturated heterocycles. The maximum Gasteiger partial charge on any atom is 0.269 e. The van der Waals surface area contributed by atoms with E-state index >= 15 is 0 Å². The summed E-state index contributed by atoms with van der Waals surface area (Å²) in [6, 6.07) is 1.79. The minimum Gasteiger partial charge on any atom is -0.268 e. The van der Waals surface area contributed by atoms with Gasteiger partial charge in [-0.3, -0.25) is 14.7 Å². The number of hydrogen-bond acceptors (Lipinski definition) is 3. The van der Waals surface area contributed by atoms with Crippen molar-refractivity contribution in [3.8, 4) is 6.07 Å². The lowest BCUT2D eigenvalue weighted by atomic mass is 10.2. The second-order valence-corrected chi connectivity index (χ2v) is 2.74. The Hall–Kier alpha value is -1.83. The summed E-state index contributed by atoms with van der Waals surface area (Å²) in [5.74, 6) is 0. The molecule has 1 aromatic rings. The van der Waals surface area contributed by atoms with E-state index in [-0.39, 0.29) is 17.7 Å². The van der Waals surface area contributed by atoms with Crippen molar-refractivity contribution >= 4 is 0 Å². The molecule has 1 N–H and O–H groups in total. The van der Waals surface area contributed by atoms with E-state index in [4.69, 9.17) is 5.26 Å². The van der Waals surface area contributed by atoms with Crippen LogP contribution >= 0.6 is 0 Å². The largest absolute Gasteiger partial charge is 0.269 e. The standard InChI is InChI=1S/C8H9N3O2/c1-5-6(2)8(13)11(4-3-9)10-7(5)12/h4H2,1-2H3,(H,10,12). The summed E-state index contributed by atoms with van der Waals surface area (Å²) in [5, 5.41) is 10.7. The van der Waals surface area contributed by atoms with Gasteiger partial charge in [-0.25, -0.2) is 4.68 Å². The Morgan fingerprint density at radius 2 is 2.00 bits per heavy atom. The molecule has 0 fully saturated rings. The van der Waals surface area contributed by atoms with E-state index in [2.05, 4.69) is 5.10 Å². The van der Waals surface area contributed by atoms with E-state index in [9.17, 15) is 9.59 Å². The minimum absolute atomic E-state index is 0.130. The van der Waals surface area contributed by atoms with Crippen LogP contribution in [0.15, 0.2) is 9.59 Å². The fourth-order valence-electron chi connectivity index (χ4n) is 0.972. The smallest absolute Gasteiger partial charge is 0.268 e. The molecule has 1 aromatic heterocycles. The summed E-state index contributed by atoms with van der Waals surface area (Å²) in [6.45, 7) is 3.02. The molecule has 0 aliphatic rings. The SMILES string of the molecule is Cc1c(C)c(=O)n(CC#N)[nH]c1=O. The van der Waals surface area contributed by atoms with Crippen molar-refractivity contribution in [2.24, 2.45) is 0 Å².